The molecule has 2 aromatic rings. The summed E-state index contributed by atoms with van der Waals surface area (Å²) in [7, 11) is 0. The minimum atomic E-state index is -0.474. The van der Waals surface area contributed by atoms with Gasteiger partial charge < -0.3 is 14.6 Å². The smallest absolute Gasteiger partial charge is 0.340 e. The Kier molecular flexibility index (Phi) is 4.86. The average Bonchev–Trinajstić information content (AvgIpc) is 3.35. The number of carbonyl (C=O) groups is 2. The van der Waals surface area contributed by atoms with E-state index in [-0.39, 0.29) is 6.61 Å². The molecule has 132 valence electrons. The molecule has 5 nitrogen and oxygen atoms in total. The Labute approximate surface area is 151 Å². The first-order valence-electron chi connectivity index (χ1n) is 8.29. The fourth-order valence-corrected chi connectivity index (χ4v) is 3.19. The van der Waals surface area contributed by atoms with Gasteiger partial charge in [-0.1, -0.05) is 17.7 Å². The molecule has 0 aliphatic heterocycles. The highest BCUT2D eigenvalue weighted by Gasteiger charge is 2.28. The van der Waals surface area contributed by atoms with Gasteiger partial charge in [0.25, 0.3) is 5.91 Å². The second-order valence-corrected chi connectivity index (χ2v) is 6.83. The van der Waals surface area contributed by atoms with Crippen molar-refractivity contribution in [3.8, 4) is 0 Å². The van der Waals surface area contributed by atoms with Gasteiger partial charge in [-0.05, 0) is 57.4 Å². The highest BCUT2D eigenvalue weighted by Crippen LogP contribution is 2.38. The van der Waals surface area contributed by atoms with Gasteiger partial charge in [-0.3, -0.25) is 4.79 Å². The predicted octanol–water partition coefficient (Wildman–Crippen LogP) is 4.20. The molecule has 1 aliphatic carbocycles. The van der Waals surface area contributed by atoms with Crippen LogP contribution in [0.4, 0.5) is 5.69 Å². The van der Waals surface area contributed by atoms with Gasteiger partial charge in [0, 0.05) is 28.1 Å². The summed E-state index contributed by atoms with van der Waals surface area (Å²) in [5.74, 6) is -0.868. The van der Waals surface area contributed by atoms with Crippen LogP contribution in [-0.2, 0) is 9.53 Å². The number of hydrogen-bond acceptors (Lipinski definition) is 3. The number of nitrogens with one attached hydrogen (secondary N) is 1. The van der Waals surface area contributed by atoms with Gasteiger partial charge in [-0.2, -0.15) is 0 Å². The zero-order valence-corrected chi connectivity index (χ0v) is 15.3. The highest BCUT2D eigenvalue weighted by atomic mass is 35.5. The molecule has 0 bridgehead atoms. The summed E-state index contributed by atoms with van der Waals surface area (Å²) in [5.41, 5.74) is 3.86. The van der Waals surface area contributed by atoms with E-state index in [9.17, 15) is 9.59 Å². The number of rotatable bonds is 5. The van der Waals surface area contributed by atoms with Gasteiger partial charge in [-0.25, -0.2) is 4.79 Å². The molecule has 1 heterocycles. The molecule has 0 saturated heterocycles. The summed E-state index contributed by atoms with van der Waals surface area (Å²) in [5, 5.41) is 3.28. The van der Waals surface area contributed by atoms with Gasteiger partial charge in [-0.15, -0.1) is 0 Å². The third-order valence-electron chi connectivity index (χ3n) is 4.49. The van der Waals surface area contributed by atoms with Crippen LogP contribution in [0.3, 0.4) is 0 Å². The standard InChI is InChI=1S/C19H21ClN2O3/c1-11-9-15(13(3)22(11)14-7-8-14)19(24)25-10-18(23)21-17-6-4-5-16(20)12(17)2/h4-6,9,14H,7-8,10H2,1-3H3,(H,21,23). The first kappa shape index (κ1) is 17.5. The number of aryl methyl sites for hydroxylation is 1. The number of esters is 1. The van der Waals surface area contributed by atoms with Crippen molar-refractivity contribution in [2.45, 2.75) is 39.7 Å². The number of amides is 1. The number of nitrogens with zero attached hydrogens (tertiary/aromatic N) is 1. The van der Waals surface area contributed by atoms with E-state index < -0.39 is 11.9 Å². The van der Waals surface area contributed by atoms with Crippen molar-refractivity contribution in [2.75, 3.05) is 11.9 Å². The Morgan fingerprint density at radius 2 is 2.00 bits per heavy atom. The largest absolute Gasteiger partial charge is 0.452 e. The molecule has 1 aromatic carbocycles. The third-order valence-corrected chi connectivity index (χ3v) is 4.90. The van der Waals surface area contributed by atoms with Crippen molar-refractivity contribution in [3.05, 3.63) is 51.8 Å². The quantitative estimate of drug-likeness (QED) is 0.813. The van der Waals surface area contributed by atoms with Crippen LogP contribution in [0.25, 0.3) is 0 Å². The molecule has 1 N–H and O–H groups in total. The Morgan fingerprint density at radius 1 is 1.28 bits per heavy atom. The molecule has 1 aromatic heterocycles. The van der Waals surface area contributed by atoms with Gasteiger partial charge in [0.2, 0.25) is 0 Å². The van der Waals surface area contributed by atoms with E-state index >= 15 is 0 Å². The molecule has 0 unspecified atom stereocenters. The Morgan fingerprint density at radius 3 is 2.68 bits per heavy atom. The molecular weight excluding hydrogens is 340 g/mol. The molecule has 1 aliphatic rings. The zero-order chi connectivity index (χ0) is 18.1. The maximum atomic E-state index is 12.3. The summed E-state index contributed by atoms with van der Waals surface area (Å²) < 4.78 is 7.36. The lowest BCUT2D eigenvalue weighted by molar-refractivity contribution is -0.119. The van der Waals surface area contributed by atoms with Crippen LogP contribution >= 0.6 is 11.6 Å². The number of benzene rings is 1. The second-order valence-electron chi connectivity index (χ2n) is 6.42. The third kappa shape index (κ3) is 3.71. The van der Waals surface area contributed by atoms with Crippen molar-refractivity contribution in [1.29, 1.82) is 0 Å². The molecule has 0 spiro atoms. The van der Waals surface area contributed by atoms with Crippen LogP contribution in [0.2, 0.25) is 5.02 Å². The fourth-order valence-electron chi connectivity index (χ4n) is 3.02. The maximum Gasteiger partial charge on any atom is 0.340 e. The van der Waals surface area contributed by atoms with Gasteiger partial charge in [0.15, 0.2) is 6.61 Å². The fraction of sp³-hybridized carbons (Fsp3) is 0.368. The Bertz CT molecular complexity index is 837. The molecule has 25 heavy (non-hydrogen) atoms. The van der Waals surface area contributed by atoms with E-state index in [1.54, 1.807) is 18.2 Å². The van der Waals surface area contributed by atoms with Crippen molar-refractivity contribution in [2.24, 2.45) is 0 Å². The minimum absolute atomic E-state index is 0.335. The molecule has 6 heteroatoms. The van der Waals surface area contributed by atoms with Gasteiger partial charge in [0.05, 0.1) is 5.56 Å². The number of carbonyl (C=O) groups excluding carboxylic acids is 2. The summed E-state index contributed by atoms with van der Waals surface area (Å²) >= 11 is 6.03. The van der Waals surface area contributed by atoms with Crippen LogP contribution in [0.1, 0.15) is 46.2 Å². The number of halogens is 1. The monoisotopic (exact) mass is 360 g/mol. The van der Waals surface area contributed by atoms with Crippen LogP contribution in [0, 0.1) is 20.8 Å². The number of anilines is 1. The first-order valence-corrected chi connectivity index (χ1v) is 8.66. The van der Waals surface area contributed by atoms with Crippen molar-refractivity contribution in [3.63, 3.8) is 0 Å². The van der Waals surface area contributed by atoms with Crippen LogP contribution in [0.15, 0.2) is 24.3 Å². The molecule has 1 amide bonds. The second kappa shape index (κ2) is 6.92. The minimum Gasteiger partial charge on any atom is -0.452 e. The van der Waals surface area contributed by atoms with Crippen LogP contribution in [-0.4, -0.2) is 23.1 Å². The predicted molar refractivity (Wildman–Crippen MR) is 97.3 cm³/mol. The summed E-state index contributed by atoms with van der Waals surface area (Å²) in [4.78, 5) is 24.4. The van der Waals surface area contributed by atoms with Crippen molar-refractivity contribution >= 4 is 29.2 Å². The van der Waals surface area contributed by atoms with Crippen molar-refractivity contribution in [1.82, 2.24) is 4.57 Å². The lowest BCUT2D eigenvalue weighted by atomic mass is 10.2. The van der Waals surface area contributed by atoms with Gasteiger partial charge >= 0.3 is 5.97 Å². The maximum absolute atomic E-state index is 12.3. The highest BCUT2D eigenvalue weighted by molar-refractivity contribution is 6.31. The van der Waals surface area contributed by atoms with Gasteiger partial charge in [0.1, 0.15) is 0 Å². The van der Waals surface area contributed by atoms with E-state index in [4.69, 9.17) is 16.3 Å². The van der Waals surface area contributed by atoms with Crippen molar-refractivity contribution < 1.29 is 14.3 Å². The normalized spacial score (nSPS) is 13.6. The number of aromatic nitrogens is 1. The average molecular weight is 361 g/mol. The van der Waals surface area contributed by atoms with Crippen LogP contribution in [0.5, 0.6) is 0 Å². The lowest BCUT2D eigenvalue weighted by Crippen LogP contribution is -2.21. The van der Waals surface area contributed by atoms with E-state index in [1.165, 1.54) is 0 Å². The number of ether oxygens (including phenoxy) is 1. The zero-order valence-electron chi connectivity index (χ0n) is 14.6. The topological polar surface area (TPSA) is 60.3 Å². The van der Waals surface area contributed by atoms with Crippen LogP contribution < -0.4 is 5.32 Å². The molecular formula is C19H21ClN2O3. The summed E-state index contributed by atoms with van der Waals surface area (Å²) in [6.07, 6.45) is 2.29. The molecule has 1 saturated carbocycles. The van der Waals surface area contributed by atoms with E-state index in [2.05, 4.69) is 9.88 Å². The molecule has 3 rings (SSSR count). The summed E-state index contributed by atoms with van der Waals surface area (Å²) in [6.45, 7) is 5.38. The SMILES string of the molecule is Cc1c(Cl)cccc1NC(=O)COC(=O)c1cc(C)n(C2CC2)c1C. The Hall–Kier alpha value is -2.27. The van der Waals surface area contributed by atoms with E-state index in [0.717, 1.165) is 29.8 Å². The molecule has 0 radical (unpaired) electrons. The van der Waals surface area contributed by atoms with E-state index in [1.807, 2.05) is 26.8 Å². The Balaban J connectivity index is 1.61. The number of hydrogen-bond donors (Lipinski definition) is 1. The lowest BCUT2D eigenvalue weighted by Gasteiger charge is -2.10. The first-order chi connectivity index (χ1) is 11.9. The molecule has 1 fully saturated rings. The van der Waals surface area contributed by atoms with E-state index in [0.29, 0.717) is 22.3 Å². The summed E-state index contributed by atoms with van der Waals surface area (Å²) in [6, 6.07) is 7.58. The molecule has 0 atom stereocenters.